The van der Waals surface area contributed by atoms with Crippen LogP contribution in [0.3, 0.4) is 0 Å². The van der Waals surface area contributed by atoms with Gasteiger partial charge in [-0.2, -0.15) is 0 Å². The lowest BCUT2D eigenvalue weighted by Crippen LogP contribution is -2.38. The molecule has 0 saturated carbocycles. The van der Waals surface area contributed by atoms with E-state index in [0.29, 0.717) is 12.3 Å². The van der Waals surface area contributed by atoms with Crippen LogP contribution in [-0.4, -0.2) is 23.7 Å². The molecule has 0 heterocycles. The first-order chi connectivity index (χ1) is 8.45. The molecule has 1 atom stereocenters. The molecular formula is C13H17ClFNO2. The SMILES string of the molecule is CC(C)CC(CO)NC(=O)c1cccc(Cl)c1F. The highest BCUT2D eigenvalue weighted by Gasteiger charge is 2.18. The van der Waals surface area contributed by atoms with Gasteiger partial charge in [0.15, 0.2) is 5.82 Å². The first-order valence-corrected chi connectivity index (χ1v) is 6.19. The molecule has 0 spiro atoms. The Labute approximate surface area is 111 Å². The van der Waals surface area contributed by atoms with Gasteiger partial charge in [-0.25, -0.2) is 4.39 Å². The number of amides is 1. The van der Waals surface area contributed by atoms with Crippen molar-refractivity contribution in [1.29, 1.82) is 0 Å². The molecule has 1 aromatic rings. The zero-order chi connectivity index (χ0) is 13.7. The van der Waals surface area contributed by atoms with Crippen molar-refractivity contribution in [3.05, 3.63) is 34.6 Å². The van der Waals surface area contributed by atoms with E-state index >= 15 is 0 Å². The number of rotatable bonds is 5. The Kier molecular flexibility index (Phi) is 5.56. The molecule has 1 rings (SSSR count). The molecule has 0 aliphatic carbocycles. The number of carbonyl (C=O) groups excluding carboxylic acids is 1. The van der Waals surface area contributed by atoms with E-state index in [9.17, 15) is 9.18 Å². The molecule has 100 valence electrons. The fourth-order valence-corrected chi connectivity index (χ4v) is 1.86. The molecule has 0 aromatic heterocycles. The molecule has 0 aliphatic rings. The minimum absolute atomic E-state index is 0.0907. The molecule has 1 aromatic carbocycles. The van der Waals surface area contributed by atoms with Gasteiger partial charge in [-0.05, 0) is 24.5 Å². The Morgan fingerprint density at radius 2 is 2.17 bits per heavy atom. The van der Waals surface area contributed by atoms with E-state index in [2.05, 4.69) is 5.32 Å². The van der Waals surface area contributed by atoms with Crippen LogP contribution in [0.4, 0.5) is 4.39 Å². The van der Waals surface area contributed by atoms with Crippen LogP contribution in [0.2, 0.25) is 5.02 Å². The second kappa shape index (κ2) is 6.71. The molecule has 1 amide bonds. The largest absolute Gasteiger partial charge is 0.394 e. The second-order valence-corrected chi connectivity index (χ2v) is 4.99. The van der Waals surface area contributed by atoms with Crippen molar-refractivity contribution in [1.82, 2.24) is 5.32 Å². The summed E-state index contributed by atoms with van der Waals surface area (Å²) in [5, 5.41) is 11.7. The van der Waals surface area contributed by atoms with Gasteiger partial charge in [-0.3, -0.25) is 4.79 Å². The van der Waals surface area contributed by atoms with Crippen LogP contribution in [0.1, 0.15) is 30.6 Å². The molecule has 3 nitrogen and oxygen atoms in total. The van der Waals surface area contributed by atoms with Gasteiger partial charge < -0.3 is 10.4 Å². The average molecular weight is 274 g/mol. The van der Waals surface area contributed by atoms with Gasteiger partial charge in [0.05, 0.1) is 23.2 Å². The van der Waals surface area contributed by atoms with E-state index in [1.807, 2.05) is 13.8 Å². The van der Waals surface area contributed by atoms with Gasteiger partial charge in [-0.1, -0.05) is 31.5 Å². The standard InChI is InChI=1S/C13H17ClFNO2/c1-8(2)6-9(7-17)16-13(18)10-4-3-5-11(14)12(10)15/h3-5,8-9,17H,6-7H2,1-2H3,(H,16,18). The number of halogens is 2. The van der Waals surface area contributed by atoms with E-state index in [-0.39, 0.29) is 23.2 Å². The maximum atomic E-state index is 13.6. The molecular weight excluding hydrogens is 257 g/mol. The van der Waals surface area contributed by atoms with Crippen LogP contribution in [0.5, 0.6) is 0 Å². The number of hydrogen-bond acceptors (Lipinski definition) is 2. The van der Waals surface area contributed by atoms with Crippen molar-refractivity contribution in [2.75, 3.05) is 6.61 Å². The first kappa shape index (κ1) is 14.9. The maximum absolute atomic E-state index is 13.6. The fourth-order valence-electron chi connectivity index (χ4n) is 1.69. The van der Waals surface area contributed by atoms with Crippen LogP contribution in [0.25, 0.3) is 0 Å². The van der Waals surface area contributed by atoms with Gasteiger partial charge in [-0.15, -0.1) is 0 Å². The third kappa shape index (κ3) is 3.96. The van der Waals surface area contributed by atoms with Crippen molar-refractivity contribution in [2.24, 2.45) is 5.92 Å². The summed E-state index contributed by atoms with van der Waals surface area (Å²) >= 11 is 5.61. The Hall–Kier alpha value is -1.13. The Balaban J connectivity index is 2.78. The highest BCUT2D eigenvalue weighted by Crippen LogP contribution is 2.18. The predicted molar refractivity (Wildman–Crippen MR) is 69.2 cm³/mol. The zero-order valence-corrected chi connectivity index (χ0v) is 11.2. The summed E-state index contributed by atoms with van der Waals surface area (Å²) < 4.78 is 13.6. The summed E-state index contributed by atoms with van der Waals surface area (Å²) in [7, 11) is 0. The van der Waals surface area contributed by atoms with Crippen LogP contribution in [0.15, 0.2) is 18.2 Å². The van der Waals surface area contributed by atoms with Crippen molar-refractivity contribution >= 4 is 17.5 Å². The molecule has 0 radical (unpaired) electrons. The lowest BCUT2D eigenvalue weighted by molar-refractivity contribution is 0.0904. The molecule has 1 unspecified atom stereocenters. The summed E-state index contributed by atoms with van der Waals surface area (Å²) in [5.41, 5.74) is -0.107. The number of hydrogen-bond donors (Lipinski definition) is 2. The summed E-state index contributed by atoms with van der Waals surface area (Å²) in [5.74, 6) is -0.973. The molecule has 0 bridgehead atoms. The smallest absolute Gasteiger partial charge is 0.254 e. The summed E-state index contributed by atoms with van der Waals surface area (Å²) in [6, 6.07) is 3.87. The second-order valence-electron chi connectivity index (χ2n) is 4.58. The molecule has 5 heteroatoms. The van der Waals surface area contributed by atoms with E-state index in [0.717, 1.165) is 0 Å². The van der Waals surface area contributed by atoms with Gasteiger partial charge in [0.25, 0.3) is 5.91 Å². The Morgan fingerprint density at radius 3 is 2.72 bits per heavy atom. The number of carbonyl (C=O) groups is 1. The number of aliphatic hydroxyl groups is 1. The van der Waals surface area contributed by atoms with E-state index in [1.165, 1.54) is 18.2 Å². The van der Waals surface area contributed by atoms with Crippen LogP contribution in [0, 0.1) is 11.7 Å². The summed E-state index contributed by atoms with van der Waals surface area (Å²) in [6.45, 7) is 3.79. The maximum Gasteiger partial charge on any atom is 0.254 e. The predicted octanol–water partition coefficient (Wildman–Crippen LogP) is 2.62. The van der Waals surface area contributed by atoms with Crippen LogP contribution < -0.4 is 5.32 Å². The minimum atomic E-state index is -0.738. The van der Waals surface area contributed by atoms with Crippen LogP contribution >= 0.6 is 11.6 Å². The molecule has 18 heavy (non-hydrogen) atoms. The lowest BCUT2D eigenvalue weighted by Gasteiger charge is -2.18. The van der Waals surface area contributed by atoms with Gasteiger partial charge in [0.2, 0.25) is 0 Å². The van der Waals surface area contributed by atoms with E-state index in [1.54, 1.807) is 0 Å². The van der Waals surface area contributed by atoms with Crippen molar-refractivity contribution in [3.8, 4) is 0 Å². The minimum Gasteiger partial charge on any atom is -0.394 e. The first-order valence-electron chi connectivity index (χ1n) is 5.81. The van der Waals surface area contributed by atoms with Crippen molar-refractivity contribution < 1.29 is 14.3 Å². The quantitative estimate of drug-likeness (QED) is 0.866. The monoisotopic (exact) mass is 273 g/mol. The topological polar surface area (TPSA) is 49.3 Å². The zero-order valence-electron chi connectivity index (χ0n) is 10.4. The average Bonchev–Trinajstić information content (AvgIpc) is 2.31. The van der Waals surface area contributed by atoms with Gasteiger partial charge >= 0.3 is 0 Å². The number of nitrogens with one attached hydrogen (secondary N) is 1. The van der Waals surface area contributed by atoms with Crippen molar-refractivity contribution in [3.63, 3.8) is 0 Å². The van der Waals surface area contributed by atoms with Gasteiger partial charge in [0.1, 0.15) is 0 Å². The summed E-state index contributed by atoms with van der Waals surface area (Å²) in [6.07, 6.45) is 0.629. The fraction of sp³-hybridized carbons (Fsp3) is 0.462. The van der Waals surface area contributed by atoms with E-state index < -0.39 is 11.7 Å². The third-order valence-electron chi connectivity index (χ3n) is 2.51. The van der Waals surface area contributed by atoms with Gasteiger partial charge in [0, 0.05) is 0 Å². The highest BCUT2D eigenvalue weighted by atomic mass is 35.5. The van der Waals surface area contributed by atoms with Crippen LogP contribution in [-0.2, 0) is 0 Å². The molecule has 0 saturated heterocycles. The molecule has 2 N–H and O–H groups in total. The van der Waals surface area contributed by atoms with Crippen molar-refractivity contribution in [2.45, 2.75) is 26.3 Å². The van der Waals surface area contributed by atoms with E-state index in [4.69, 9.17) is 16.7 Å². The Bertz CT molecular complexity index is 423. The highest BCUT2D eigenvalue weighted by molar-refractivity contribution is 6.31. The summed E-state index contributed by atoms with van der Waals surface area (Å²) in [4.78, 5) is 11.8. The lowest BCUT2D eigenvalue weighted by atomic mass is 10.0. The number of aliphatic hydroxyl groups excluding tert-OH is 1. The third-order valence-corrected chi connectivity index (χ3v) is 2.80. The molecule has 0 fully saturated rings. The Morgan fingerprint density at radius 1 is 1.50 bits per heavy atom. The molecule has 0 aliphatic heterocycles. The normalized spacial score (nSPS) is 12.6. The number of benzene rings is 1.